The van der Waals surface area contributed by atoms with Crippen molar-refractivity contribution in [1.82, 2.24) is 4.90 Å². The largest absolute Gasteiger partial charge is 0.335 e. The number of hydrogen-bond donors (Lipinski definition) is 0. The monoisotopic (exact) mass is 358 g/mol. The molecule has 2 saturated heterocycles. The van der Waals surface area contributed by atoms with Crippen LogP contribution in [0.2, 0.25) is 0 Å². The van der Waals surface area contributed by atoms with Gasteiger partial charge in [-0.1, -0.05) is 18.2 Å². The summed E-state index contributed by atoms with van der Waals surface area (Å²) in [5.41, 5.74) is 0.263. The number of halogens is 1. The maximum Gasteiger partial charge on any atom is 0.228 e. The standard InChI is InChI=1S/C19H19FN2O2S/c20-14-5-1-2-6-15(14)22-12-13(11-18(22)23)19(24)21-9-3-7-16(21)17-8-4-10-25-17/h1-2,4-6,8,10,13,16H,3,7,9,11-12H2/t13-,16+/m1/s1. The van der Waals surface area contributed by atoms with Gasteiger partial charge in [-0.25, -0.2) is 4.39 Å². The van der Waals surface area contributed by atoms with Gasteiger partial charge in [-0.3, -0.25) is 9.59 Å². The van der Waals surface area contributed by atoms with E-state index >= 15 is 0 Å². The predicted octanol–water partition coefficient (Wildman–Crippen LogP) is 3.60. The van der Waals surface area contributed by atoms with E-state index in [2.05, 4.69) is 6.07 Å². The van der Waals surface area contributed by atoms with Crippen LogP contribution in [0.4, 0.5) is 10.1 Å². The summed E-state index contributed by atoms with van der Waals surface area (Å²) in [4.78, 5) is 29.9. The minimum absolute atomic E-state index is 0.0167. The van der Waals surface area contributed by atoms with Crippen molar-refractivity contribution >= 4 is 28.8 Å². The molecule has 0 unspecified atom stereocenters. The molecule has 4 nitrogen and oxygen atoms in total. The molecule has 0 aliphatic carbocycles. The number of rotatable bonds is 3. The Labute approximate surface area is 149 Å². The molecule has 0 N–H and O–H groups in total. The minimum Gasteiger partial charge on any atom is -0.335 e. The molecule has 2 atom stereocenters. The summed E-state index contributed by atoms with van der Waals surface area (Å²) in [5.74, 6) is -0.993. The minimum atomic E-state index is -0.429. The zero-order valence-corrected chi connectivity index (χ0v) is 14.5. The molecule has 0 bridgehead atoms. The van der Waals surface area contributed by atoms with Crippen LogP contribution in [0.25, 0.3) is 0 Å². The van der Waals surface area contributed by atoms with Gasteiger partial charge in [-0.05, 0) is 36.4 Å². The molecular weight excluding hydrogens is 339 g/mol. The normalized spacial score (nSPS) is 23.5. The lowest BCUT2D eigenvalue weighted by atomic mass is 10.1. The Balaban J connectivity index is 1.52. The summed E-state index contributed by atoms with van der Waals surface area (Å²) in [6.45, 7) is 0.984. The number of anilines is 1. The molecule has 4 rings (SSSR count). The summed E-state index contributed by atoms with van der Waals surface area (Å²) in [5, 5.41) is 2.02. The van der Waals surface area contributed by atoms with E-state index in [1.54, 1.807) is 29.5 Å². The third kappa shape index (κ3) is 2.95. The number of carbonyl (C=O) groups excluding carboxylic acids is 2. The number of benzene rings is 1. The Hall–Kier alpha value is -2.21. The maximum atomic E-state index is 14.0. The second-order valence-electron chi connectivity index (χ2n) is 6.56. The summed E-state index contributed by atoms with van der Waals surface area (Å²) < 4.78 is 14.0. The molecule has 1 aromatic carbocycles. The Bertz CT molecular complexity index is 792. The number of likely N-dealkylation sites (tertiary alicyclic amines) is 1. The highest BCUT2D eigenvalue weighted by molar-refractivity contribution is 7.10. The van der Waals surface area contributed by atoms with E-state index in [0.29, 0.717) is 0 Å². The van der Waals surface area contributed by atoms with Crippen molar-refractivity contribution in [3.8, 4) is 0 Å². The number of carbonyl (C=O) groups is 2. The molecule has 2 fully saturated rings. The molecule has 2 aromatic rings. The van der Waals surface area contributed by atoms with Crippen LogP contribution in [0.15, 0.2) is 41.8 Å². The summed E-state index contributed by atoms with van der Waals surface area (Å²) in [7, 11) is 0. The lowest BCUT2D eigenvalue weighted by molar-refractivity contribution is -0.136. The van der Waals surface area contributed by atoms with Gasteiger partial charge in [0.1, 0.15) is 5.82 Å². The average molecular weight is 358 g/mol. The van der Waals surface area contributed by atoms with Crippen molar-refractivity contribution < 1.29 is 14.0 Å². The highest BCUT2D eigenvalue weighted by Gasteiger charge is 2.41. The van der Waals surface area contributed by atoms with E-state index in [1.165, 1.54) is 15.8 Å². The van der Waals surface area contributed by atoms with Crippen LogP contribution in [0, 0.1) is 11.7 Å². The lowest BCUT2D eigenvalue weighted by Crippen LogP contribution is -2.37. The van der Waals surface area contributed by atoms with Crippen LogP contribution in [0.3, 0.4) is 0 Å². The third-order valence-corrected chi connectivity index (χ3v) is 6.00. The van der Waals surface area contributed by atoms with Gasteiger partial charge in [-0.15, -0.1) is 11.3 Å². The molecule has 0 radical (unpaired) electrons. The van der Waals surface area contributed by atoms with Crippen molar-refractivity contribution in [1.29, 1.82) is 0 Å². The molecule has 6 heteroatoms. The predicted molar refractivity (Wildman–Crippen MR) is 94.9 cm³/mol. The Morgan fingerprint density at radius 3 is 2.80 bits per heavy atom. The topological polar surface area (TPSA) is 40.6 Å². The molecule has 25 heavy (non-hydrogen) atoms. The van der Waals surface area contributed by atoms with Crippen LogP contribution >= 0.6 is 11.3 Å². The van der Waals surface area contributed by atoms with Gasteiger partial charge in [-0.2, -0.15) is 0 Å². The van der Waals surface area contributed by atoms with Crippen molar-refractivity contribution in [2.45, 2.75) is 25.3 Å². The number of para-hydroxylation sites is 1. The van der Waals surface area contributed by atoms with Crippen LogP contribution in [0.1, 0.15) is 30.2 Å². The number of hydrogen-bond acceptors (Lipinski definition) is 3. The first-order valence-corrected chi connectivity index (χ1v) is 9.42. The molecule has 3 heterocycles. The van der Waals surface area contributed by atoms with Gasteiger partial charge in [0.2, 0.25) is 11.8 Å². The number of amides is 2. The summed E-state index contributed by atoms with van der Waals surface area (Å²) in [6.07, 6.45) is 2.09. The fraction of sp³-hybridized carbons (Fsp3) is 0.368. The highest BCUT2D eigenvalue weighted by atomic mass is 32.1. The van der Waals surface area contributed by atoms with Gasteiger partial charge in [0, 0.05) is 24.4 Å². The first-order chi connectivity index (χ1) is 12.1. The maximum absolute atomic E-state index is 14.0. The smallest absolute Gasteiger partial charge is 0.228 e. The SMILES string of the molecule is O=C1C[C@@H](C(=O)N2CCC[C@H]2c2cccs2)CN1c1ccccc1F. The molecular formula is C19H19FN2O2S. The van der Waals surface area contributed by atoms with Crippen molar-refractivity contribution in [3.05, 3.63) is 52.5 Å². The molecule has 0 spiro atoms. The van der Waals surface area contributed by atoms with Crippen molar-refractivity contribution in [3.63, 3.8) is 0 Å². The molecule has 2 aliphatic rings. The zero-order valence-electron chi connectivity index (χ0n) is 13.7. The summed E-state index contributed by atoms with van der Waals surface area (Å²) >= 11 is 1.66. The van der Waals surface area contributed by atoms with Crippen molar-refractivity contribution in [2.75, 3.05) is 18.0 Å². The molecule has 2 aliphatic heterocycles. The quantitative estimate of drug-likeness (QED) is 0.841. The first-order valence-electron chi connectivity index (χ1n) is 8.54. The van der Waals surface area contributed by atoms with E-state index < -0.39 is 11.7 Å². The van der Waals surface area contributed by atoms with E-state index in [1.807, 2.05) is 16.3 Å². The fourth-order valence-electron chi connectivity index (χ4n) is 3.82. The van der Waals surface area contributed by atoms with Gasteiger partial charge in [0.15, 0.2) is 0 Å². The van der Waals surface area contributed by atoms with Gasteiger partial charge < -0.3 is 9.80 Å². The van der Waals surface area contributed by atoms with E-state index in [4.69, 9.17) is 0 Å². The second-order valence-corrected chi connectivity index (χ2v) is 7.54. The van der Waals surface area contributed by atoms with Crippen LogP contribution in [-0.2, 0) is 9.59 Å². The van der Waals surface area contributed by atoms with Gasteiger partial charge in [0.05, 0.1) is 17.6 Å². The van der Waals surface area contributed by atoms with Gasteiger partial charge >= 0.3 is 0 Å². The molecule has 130 valence electrons. The van der Waals surface area contributed by atoms with Crippen LogP contribution < -0.4 is 4.90 Å². The fourth-order valence-corrected chi connectivity index (χ4v) is 4.69. The second kappa shape index (κ2) is 6.59. The average Bonchev–Trinajstić information content (AvgIpc) is 3.35. The van der Waals surface area contributed by atoms with E-state index in [-0.39, 0.29) is 36.5 Å². The molecule has 0 saturated carbocycles. The Morgan fingerprint density at radius 2 is 2.04 bits per heavy atom. The Morgan fingerprint density at radius 1 is 1.20 bits per heavy atom. The van der Waals surface area contributed by atoms with Crippen LogP contribution in [-0.4, -0.2) is 29.8 Å². The van der Waals surface area contributed by atoms with Gasteiger partial charge in [0.25, 0.3) is 0 Å². The van der Waals surface area contributed by atoms with Crippen molar-refractivity contribution in [2.24, 2.45) is 5.92 Å². The highest BCUT2D eigenvalue weighted by Crippen LogP contribution is 2.37. The lowest BCUT2D eigenvalue weighted by Gasteiger charge is -2.26. The number of nitrogens with zero attached hydrogens (tertiary/aromatic N) is 2. The third-order valence-electron chi connectivity index (χ3n) is 5.03. The first kappa shape index (κ1) is 16.3. The number of thiophene rings is 1. The van der Waals surface area contributed by atoms with E-state index in [9.17, 15) is 14.0 Å². The summed E-state index contributed by atoms with van der Waals surface area (Å²) in [6, 6.07) is 10.4. The zero-order chi connectivity index (χ0) is 17.4. The van der Waals surface area contributed by atoms with E-state index in [0.717, 1.165) is 19.4 Å². The molecule has 2 amide bonds. The molecule has 1 aromatic heterocycles. The Kier molecular flexibility index (Phi) is 4.29. The van der Waals surface area contributed by atoms with Crippen LogP contribution in [0.5, 0.6) is 0 Å².